The van der Waals surface area contributed by atoms with Crippen molar-refractivity contribution in [2.75, 3.05) is 5.32 Å². The fraction of sp³-hybridized carbons (Fsp3) is 0.333. The number of carbonyl (C=O) groups is 2. The predicted molar refractivity (Wildman–Crippen MR) is 64.8 cm³/mol. The van der Waals surface area contributed by atoms with E-state index in [9.17, 15) is 14.0 Å². The van der Waals surface area contributed by atoms with Crippen molar-refractivity contribution in [2.24, 2.45) is 5.73 Å². The van der Waals surface area contributed by atoms with Crippen LogP contribution in [0.3, 0.4) is 0 Å². The zero-order valence-corrected chi connectivity index (χ0v) is 10.4. The second-order valence-corrected chi connectivity index (χ2v) is 4.69. The minimum Gasteiger partial charge on any atom is -0.444 e. The Morgan fingerprint density at radius 2 is 1.94 bits per heavy atom. The molecule has 6 heteroatoms. The summed E-state index contributed by atoms with van der Waals surface area (Å²) in [4.78, 5) is 22.4. The standard InChI is InChI=1S/C12H15FN2O3/c1-12(2,3)18-11(17)15-9-6-7(10(14)16)4-5-8(9)13/h4-6H,1-3H3,(H2,14,16)(H,15,17). The molecule has 0 saturated heterocycles. The lowest BCUT2D eigenvalue weighted by Gasteiger charge is -2.19. The summed E-state index contributed by atoms with van der Waals surface area (Å²) in [5.41, 5.74) is 4.31. The molecule has 0 aromatic heterocycles. The molecule has 0 saturated carbocycles. The van der Waals surface area contributed by atoms with Crippen molar-refractivity contribution in [1.29, 1.82) is 0 Å². The first-order valence-electron chi connectivity index (χ1n) is 5.28. The monoisotopic (exact) mass is 254 g/mol. The highest BCUT2D eigenvalue weighted by Gasteiger charge is 2.17. The average molecular weight is 254 g/mol. The maximum absolute atomic E-state index is 13.4. The Morgan fingerprint density at radius 1 is 1.33 bits per heavy atom. The van der Waals surface area contributed by atoms with Crippen molar-refractivity contribution >= 4 is 17.7 Å². The Morgan fingerprint density at radius 3 is 2.44 bits per heavy atom. The Kier molecular flexibility index (Phi) is 3.90. The van der Waals surface area contributed by atoms with Crippen LogP contribution in [0.1, 0.15) is 31.1 Å². The maximum Gasteiger partial charge on any atom is 0.412 e. The molecule has 5 nitrogen and oxygen atoms in total. The molecule has 0 bridgehead atoms. The molecule has 1 aromatic rings. The summed E-state index contributed by atoms with van der Waals surface area (Å²) in [5.74, 6) is -1.38. The summed E-state index contributed by atoms with van der Waals surface area (Å²) in [6, 6.07) is 3.44. The number of hydrogen-bond donors (Lipinski definition) is 2. The fourth-order valence-corrected chi connectivity index (χ4v) is 1.19. The zero-order valence-electron chi connectivity index (χ0n) is 10.4. The highest BCUT2D eigenvalue weighted by molar-refractivity contribution is 5.95. The lowest BCUT2D eigenvalue weighted by Crippen LogP contribution is -2.27. The van der Waals surface area contributed by atoms with E-state index in [2.05, 4.69) is 5.32 Å². The third-order valence-electron chi connectivity index (χ3n) is 1.89. The largest absolute Gasteiger partial charge is 0.444 e. The maximum atomic E-state index is 13.4. The number of amides is 2. The van der Waals surface area contributed by atoms with Gasteiger partial charge in [0.15, 0.2) is 0 Å². The first-order valence-corrected chi connectivity index (χ1v) is 5.28. The van der Waals surface area contributed by atoms with Gasteiger partial charge in [0.2, 0.25) is 5.91 Å². The Bertz CT molecular complexity index is 481. The van der Waals surface area contributed by atoms with Crippen molar-refractivity contribution in [2.45, 2.75) is 26.4 Å². The molecule has 0 spiro atoms. The van der Waals surface area contributed by atoms with Crippen molar-refractivity contribution in [3.8, 4) is 0 Å². The Balaban J connectivity index is 2.87. The van der Waals surface area contributed by atoms with E-state index in [4.69, 9.17) is 10.5 Å². The average Bonchev–Trinajstić information content (AvgIpc) is 2.18. The number of nitrogens with one attached hydrogen (secondary N) is 1. The van der Waals surface area contributed by atoms with Crippen LogP contribution in [0.25, 0.3) is 0 Å². The number of ether oxygens (including phenoxy) is 1. The number of rotatable bonds is 2. The molecule has 0 aliphatic heterocycles. The number of primary amides is 1. The van der Waals surface area contributed by atoms with Crippen LogP contribution in [0.5, 0.6) is 0 Å². The van der Waals surface area contributed by atoms with Gasteiger partial charge in [-0.05, 0) is 39.0 Å². The number of carbonyl (C=O) groups excluding carboxylic acids is 2. The molecule has 1 rings (SSSR count). The van der Waals surface area contributed by atoms with Gasteiger partial charge in [-0.2, -0.15) is 0 Å². The molecule has 2 amide bonds. The van der Waals surface area contributed by atoms with Crippen molar-refractivity contribution in [1.82, 2.24) is 0 Å². The second kappa shape index (κ2) is 5.03. The molecule has 0 aliphatic rings. The van der Waals surface area contributed by atoms with Gasteiger partial charge >= 0.3 is 6.09 Å². The van der Waals surface area contributed by atoms with Crippen molar-refractivity contribution in [3.63, 3.8) is 0 Å². The summed E-state index contributed by atoms with van der Waals surface area (Å²) < 4.78 is 18.4. The Labute approximate surface area is 104 Å². The van der Waals surface area contributed by atoms with Crippen molar-refractivity contribution < 1.29 is 18.7 Å². The number of benzene rings is 1. The number of halogens is 1. The smallest absolute Gasteiger partial charge is 0.412 e. The highest BCUT2D eigenvalue weighted by atomic mass is 19.1. The van der Waals surface area contributed by atoms with Gasteiger partial charge in [0.05, 0.1) is 5.69 Å². The molecule has 0 atom stereocenters. The third-order valence-corrected chi connectivity index (χ3v) is 1.89. The molecule has 0 aliphatic carbocycles. The molecule has 3 N–H and O–H groups in total. The van der Waals surface area contributed by atoms with E-state index in [0.717, 1.165) is 12.1 Å². The number of nitrogens with two attached hydrogens (primary N) is 1. The molecular formula is C12H15FN2O3. The normalized spacial score (nSPS) is 10.9. The third kappa shape index (κ3) is 4.04. The van der Waals surface area contributed by atoms with Crippen LogP contribution < -0.4 is 11.1 Å². The summed E-state index contributed by atoms with van der Waals surface area (Å²) in [5, 5.41) is 2.22. The minimum absolute atomic E-state index is 0.0995. The van der Waals surface area contributed by atoms with E-state index in [1.54, 1.807) is 20.8 Å². The zero-order chi connectivity index (χ0) is 13.9. The van der Waals surface area contributed by atoms with Crippen LogP contribution in [0.4, 0.5) is 14.9 Å². The highest BCUT2D eigenvalue weighted by Crippen LogP contribution is 2.17. The van der Waals surface area contributed by atoms with E-state index in [1.165, 1.54) is 6.07 Å². The molecule has 18 heavy (non-hydrogen) atoms. The number of anilines is 1. The molecule has 0 radical (unpaired) electrons. The van der Waals surface area contributed by atoms with E-state index >= 15 is 0 Å². The van der Waals surface area contributed by atoms with Crippen molar-refractivity contribution in [3.05, 3.63) is 29.6 Å². The molecule has 0 unspecified atom stereocenters. The van der Waals surface area contributed by atoms with E-state index in [0.29, 0.717) is 0 Å². The topological polar surface area (TPSA) is 81.4 Å². The van der Waals surface area contributed by atoms with E-state index < -0.39 is 23.4 Å². The van der Waals surface area contributed by atoms with Gasteiger partial charge in [-0.25, -0.2) is 9.18 Å². The summed E-state index contributed by atoms with van der Waals surface area (Å²) in [6.07, 6.45) is -0.803. The SMILES string of the molecule is CC(C)(C)OC(=O)Nc1cc(C(N)=O)ccc1F. The van der Waals surface area contributed by atoms with Gasteiger partial charge in [-0.15, -0.1) is 0 Å². The van der Waals surface area contributed by atoms with E-state index in [-0.39, 0.29) is 11.3 Å². The van der Waals surface area contributed by atoms with Crippen LogP contribution in [-0.2, 0) is 4.74 Å². The summed E-state index contributed by atoms with van der Waals surface area (Å²) >= 11 is 0. The lowest BCUT2D eigenvalue weighted by atomic mass is 10.2. The van der Waals surface area contributed by atoms with Crippen LogP contribution in [0.2, 0.25) is 0 Å². The fourth-order valence-electron chi connectivity index (χ4n) is 1.19. The summed E-state index contributed by atoms with van der Waals surface area (Å²) in [6.45, 7) is 5.05. The first kappa shape index (κ1) is 14.0. The van der Waals surface area contributed by atoms with Gasteiger partial charge in [0.1, 0.15) is 11.4 Å². The van der Waals surface area contributed by atoms with Crippen LogP contribution in [-0.4, -0.2) is 17.6 Å². The molecule has 1 aromatic carbocycles. The summed E-state index contributed by atoms with van der Waals surface area (Å²) in [7, 11) is 0. The lowest BCUT2D eigenvalue weighted by molar-refractivity contribution is 0.0635. The van der Waals surface area contributed by atoms with Gasteiger partial charge in [0, 0.05) is 5.56 Å². The molecule has 0 fully saturated rings. The Hall–Kier alpha value is -2.11. The van der Waals surface area contributed by atoms with Crippen LogP contribution >= 0.6 is 0 Å². The van der Waals surface area contributed by atoms with Crippen LogP contribution in [0.15, 0.2) is 18.2 Å². The minimum atomic E-state index is -0.803. The van der Waals surface area contributed by atoms with Crippen LogP contribution in [0, 0.1) is 5.82 Å². The molecular weight excluding hydrogens is 239 g/mol. The van der Waals surface area contributed by atoms with Gasteiger partial charge < -0.3 is 10.5 Å². The molecule has 98 valence electrons. The number of hydrogen-bond acceptors (Lipinski definition) is 3. The van der Waals surface area contributed by atoms with Gasteiger partial charge in [-0.3, -0.25) is 10.1 Å². The van der Waals surface area contributed by atoms with E-state index in [1.807, 2.05) is 0 Å². The quantitative estimate of drug-likeness (QED) is 0.849. The first-order chi connectivity index (χ1) is 8.19. The predicted octanol–water partition coefficient (Wildman–Crippen LogP) is 2.27. The van der Waals surface area contributed by atoms with Gasteiger partial charge in [0.25, 0.3) is 0 Å². The molecule has 0 heterocycles. The van der Waals surface area contributed by atoms with Gasteiger partial charge in [-0.1, -0.05) is 0 Å². The second-order valence-electron chi connectivity index (χ2n) is 4.69.